The summed E-state index contributed by atoms with van der Waals surface area (Å²) in [6.45, 7) is 2.18. The van der Waals surface area contributed by atoms with Crippen molar-refractivity contribution in [3.63, 3.8) is 0 Å². The number of aliphatic hydroxyl groups is 1. The van der Waals surface area contributed by atoms with Crippen LogP contribution >= 0.6 is 0 Å². The molecule has 0 radical (unpaired) electrons. The first kappa shape index (κ1) is 11.5. The van der Waals surface area contributed by atoms with E-state index in [4.69, 9.17) is 0 Å². The molecule has 2 rings (SSSR count). The summed E-state index contributed by atoms with van der Waals surface area (Å²) in [5.74, 6) is 0.694. The molecule has 4 heteroatoms. The molecule has 1 atom stereocenters. The van der Waals surface area contributed by atoms with E-state index in [1.165, 1.54) is 0 Å². The van der Waals surface area contributed by atoms with E-state index in [-0.39, 0.29) is 0 Å². The van der Waals surface area contributed by atoms with Crippen molar-refractivity contribution in [2.45, 2.75) is 13.0 Å². The Kier molecular flexibility index (Phi) is 3.67. The number of aliphatic hydroxyl groups excluding tert-OH is 1. The molecule has 1 aromatic carbocycles. The smallest absolute Gasteiger partial charge is 0.152 e. The first-order valence-corrected chi connectivity index (χ1v) is 5.55. The fourth-order valence-corrected chi connectivity index (χ4v) is 1.52. The molecule has 2 aromatic rings. The predicted octanol–water partition coefficient (Wildman–Crippen LogP) is 1.94. The lowest BCUT2D eigenvalue weighted by Crippen LogP contribution is -2.16. The van der Waals surface area contributed by atoms with Crippen LogP contribution < -0.4 is 5.32 Å². The minimum Gasteiger partial charge on any atom is -0.392 e. The van der Waals surface area contributed by atoms with Crippen LogP contribution in [0.5, 0.6) is 0 Å². The topological polar surface area (TPSA) is 58.0 Å². The number of hydrogen-bond donors (Lipinski definition) is 2. The molecule has 0 saturated carbocycles. The van der Waals surface area contributed by atoms with Crippen LogP contribution in [0.2, 0.25) is 0 Å². The summed E-state index contributed by atoms with van der Waals surface area (Å²) in [5, 5.41) is 12.4. The molecule has 1 unspecified atom stereocenters. The molecule has 2 N–H and O–H groups in total. The van der Waals surface area contributed by atoms with Crippen molar-refractivity contribution in [3.8, 4) is 11.3 Å². The standard InChI is InChI=1S/C13H15N3O/c1-10(17)9-16-13-12(14-7-8-15-13)11-5-3-2-4-6-11/h2-8,10,17H,9H2,1H3,(H,15,16). The molecule has 4 nitrogen and oxygen atoms in total. The summed E-state index contributed by atoms with van der Waals surface area (Å²) in [6.07, 6.45) is 2.88. The van der Waals surface area contributed by atoms with Gasteiger partial charge in [-0.15, -0.1) is 0 Å². The highest BCUT2D eigenvalue weighted by Crippen LogP contribution is 2.22. The summed E-state index contributed by atoms with van der Waals surface area (Å²) in [7, 11) is 0. The van der Waals surface area contributed by atoms with Gasteiger partial charge in [-0.1, -0.05) is 30.3 Å². The summed E-state index contributed by atoms with van der Waals surface area (Å²) >= 11 is 0. The average molecular weight is 229 g/mol. The molecule has 1 aromatic heterocycles. The Bertz CT molecular complexity index is 471. The normalized spacial score (nSPS) is 12.1. The third-order valence-electron chi connectivity index (χ3n) is 2.31. The Labute approximate surface area is 100 Å². The van der Waals surface area contributed by atoms with Gasteiger partial charge < -0.3 is 10.4 Å². The zero-order chi connectivity index (χ0) is 12.1. The second-order valence-corrected chi connectivity index (χ2v) is 3.85. The summed E-state index contributed by atoms with van der Waals surface area (Å²) in [4.78, 5) is 8.56. The van der Waals surface area contributed by atoms with E-state index in [2.05, 4.69) is 15.3 Å². The van der Waals surface area contributed by atoms with E-state index in [9.17, 15) is 5.11 Å². The molecule has 1 heterocycles. The van der Waals surface area contributed by atoms with Crippen LogP contribution in [0.4, 0.5) is 5.82 Å². The molecule has 0 bridgehead atoms. The maximum Gasteiger partial charge on any atom is 0.152 e. The van der Waals surface area contributed by atoms with Crippen LogP contribution in [-0.2, 0) is 0 Å². The van der Waals surface area contributed by atoms with Crippen LogP contribution in [0.25, 0.3) is 11.3 Å². The molecular formula is C13H15N3O. The highest BCUT2D eigenvalue weighted by molar-refractivity contribution is 5.70. The van der Waals surface area contributed by atoms with Crippen LogP contribution in [0.15, 0.2) is 42.7 Å². The number of aromatic nitrogens is 2. The number of rotatable bonds is 4. The zero-order valence-corrected chi connectivity index (χ0v) is 9.67. The van der Waals surface area contributed by atoms with Gasteiger partial charge >= 0.3 is 0 Å². The van der Waals surface area contributed by atoms with Gasteiger partial charge in [0.05, 0.1) is 6.10 Å². The third-order valence-corrected chi connectivity index (χ3v) is 2.31. The fourth-order valence-electron chi connectivity index (χ4n) is 1.52. The monoisotopic (exact) mass is 229 g/mol. The summed E-state index contributed by atoms with van der Waals surface area (Å²) in [5.41, 5.74) is 1.81. The highest BCUT2D eigenvalue weighted by atomic mass is 16.3. The fraction of sp³-hybridized carbons (Fsp3) is 0.231. The molecule has 0 aliphatic rings. The van der Waals surface area contributed by atoms with Crippen LogP contribution in [-0.4, -0.2) is 27.7 Å². The Morgan fingerprint density at radius 2 is 1.88 bits per heavy atom. The van der Waals surface area contributed by atoms with Crippen molar-refractivity contribution in [2.24, 2.45) is 0 Å². The Morgan fingerprint density at radius 3 is 2.59 bits per heavy atom. The molecule has 0 spiro atoms. The van der Waals surface area contributed by atoms with Crippen LogP contribution in [0.1, 0.15) is 6.92 Å². The molecule has 17 heavy (non-hydrogen) atoms. The van der Waals surface area contributed by atoms with Crippen molar-refractivity contribution in [1.29, 1.82) is 0 Å². The van der Waals surface area contributed by atoms with Crippen molar-refractivity contribution in [1.82, 2.24) is 9.97 Å². The maximum atomic E-state index is 9.26. The Balaban J connectivity index is 2.28. The van der Waals surface area contributed by atoms with Gasteiger partial charge in [-0.2, -0.15) is 0 Å². The van der Waals surface area contributed by atoms with Crippen molar-refractivity contribution < 1.29 is 5.11 Å². The maximum absolute atomic E-state index is 9.26. The van der Waals surface area contributed by atoms with Gasteiger partial charge in [-0.05, 0) is 6.92 Å². The van der Waals surface area contributed by atoms with Gasteiger partial charge in [0.25, 0.3) is 0 Å². The largest absolute Gasteiger partial charge is 0.392 e. The van der Waals surface area contributed by atoms with Gasteiger partial charge in [-0.25, -0.2) is 4.98 Å². The van der Waals surface area contributed by atoms with E-state index in [0.29, 0.717) is 12.4 Å². The van der Waals surface area contributed by atoms with Crippen LogP contribution in [0.3, 0.4) is 0 Å². The summed E-state index contributed by atoms with van der Waals surface area (Å²) in [6, 6.07) is 9.85. The number of anilines is 1. The van der Waals surface area contributed by atoms with Gasteiger partial charge in [0.15, 0.2) is 5.82 Å². The average Bonchev–Trinajstić information content (AvgIpc) is 2.38. The van der Waals surface area contributed by atoms with E-state index in [1.807, 2.05) is 30.3 Å². The molecular weight excluding hydrogens is 214 g/mol. The molecule has 0 amide bonds. The van der Waals surface area contributed by atoms with Crippen molar-refractivity contribution >= 4 is 5.82 Å². The summed E-state index contributed by atoms with van der Waals surface area (Å²) < 4.78 is 0. The van der Waals surface area contributed by atoms with E-state index >= 15 is 0 Å². The zero-order valence-electron chi connectivity index (χ0n) is 9.67. The highest BCUT2D eigenvalue weighted by Gasteiger charge is 2.07. The molecule has 0 fully saturated rings. The van der Waals surface area contributed by atoms with E-state index in [0.717, 1.165) is 11.3 Å². The minimum atomic E-state index is -0.416. The lowest BCUT2D eigenvalue weighted by molar-refractivity contribution is 0.208. The van der Waals surface area contributed by atoms with Crippen molar-refractivity contribution in [2.75, 3.05) is 11.9 Å². The third kappa shape index (κ3) is 3.01. The molecule has 88 valence electrons. The Morgan fingerprint density at radius 1 is 1.18 bits per heavy atom. The number of nitrogens with one attached hydrogen (secondary N) is 1. The predicted molar refractivity (Wildman–Crippen MR) is 67.6 cm³/mol. The van der Waals surface area contributed by atoms with Gasteiger partial charge in [0, 0.05) is 24.5 Å². The number of hydrogen-bond acceptors (Lipinski definition) is 4. The first-order valence-electron chi connectivity index (χ1n) is 5.55. The minimum absolute atomic E-state index is 0.416. The Hall–Kier alpha value is -1.94. The van der Waals surface area contributed by atoms with Crippen LogP contribution in [0, 0.1) is 0 Å². The van der Waals surface area contributed by atoms with Gasteiger partial charge in [-0.3, -0.25) is 4.98 Å². The first-order chi connectivity index (χ1) is 8.27. The van der Waals surface area contributed by atoms with Crippen molar-refractivity contribution in [3.05, 3.63) is 42.7 Å². The SMILES string of the molecule is CC(O)CNc1nccnc1-c1ccccc1. The molecule has 0 saturated heterocycles. The number of benzene rings is 1. The van der Waals surface area contributed by atoms with E-state index in [1.54, 1.807) is 19.3 Å². The lowest BCUT2D eigenvalue weighted by atomic mass is 10.1. The quantitative estimate of drug-likeness (QED) is 0.841. The molecule has 0 aliphatic heterocycles. The van der Waals surface area contributed by atoms with E-state index < -0.39 is 6.10 Å². The molecule has 0 aliphatic carbocycles. The number of nitrogens with zero attached hydrogens (tertiary/aromatic N) is 2. The van der Waals surface area contributed by atoms with Gasteiger partial charge in [0.1, 0.15) is 5.69 Å². The van der Waals surface area contributed by atoms with Gasteiger partial charge in [0.2, 0.25) is 0 Å². The second kappa shape index (κ2) is 5.41. The second-order valence-electron chi connectivity index (χ2n) is 3.85. The lowest BCUT2D eigenvalue weighted by Gasteiger charge is -2.11.